The lowest BCUT2D eigenvalue weighted by atomic mass is 10.0. The van der Waals surface area contributed by atoms with Gasteiger partial charge in [-0.2, -0.15) is 0 Å². The number of rotatable bonds is 7. The van der Waals surface area contributed by atoms with Crippen LogP contribution in [0.15, 0.2) is 70.2 Å². The molecule has 2 aromatic heterocycles. The second-order valence-electron chi connectivity index (χ2n) is 8.01. The fourth-order valence-electron chi connectivity index (χ4n) is 3.45. The molecule has 0 spiro atoms. The Kier molecular flexibility index (Phi) is 6.49. The van der Waals surface area contributed by atoms with E-state index in [4.69, 9.17) is 9.40 Å². The Morgan fingerprint density at radius 1 is 1.10 bits per heavy atom. The molecule has 4 aromatic rings. The molecular weight excluding hydrogens is 424 g/mol. The van der Waals surface area contributed by atoms with Gasteiger partial charge >= 0.3 is 0 Å². The average Bonchev–Trinajstić information content (AvgIpc) is 3.40. The number of benzene rings is 2. The molecule has 0 aliphatic rings. The molecule has 160 valence electrons. The van der Waals surface area contributed by atoms with Gasteiger partial charge in [0.15, 0.2) is 5.13 Å². The molecule has 0 fully saturated rings. The van der Waals surface area contributed by atoms with Crippen LogP contribution in [0.1, 0.15) is 55.3 Å². The zero-order valence-electron chi connectivity index (χ0n) is 18.2. The summed E-state index contributed by atoms with van der Waals surface area (Å²) in [4.78, 5) is 21.4. The number of nitrogens with zero attached hydrogens (tertiary/aromatic N) is 2. The van der Waals surface area contributed by atoms with Gasteiger partial charge in [0.2, 0.25) is 0 Å². The molecule has 0 saturated carbocycles. The summed E-state index contributed by atoms with van der Waals surface area (Å²) < 4.78 is 6.65. The molecular formula is C25H26N2O2S2. The summed E-state index contributed by atoms with van der Waals surface area (Å²) in [5.74, 6) is 1.01. The predicted molar refractivity (Wildman–Crippen MR) is 130 cm³/mol. The number of hydrogen-bond donors (Lipinski definition) is 0. The fourth-order valence-corrected chi connectivity index (χ4v) is 5.35. The molecule has 0 N–H and O–H groups in total. The highest BCUT2D eigenvalue weighted by molar-refractivity contribution is 7.99. The number of amides is 1. The van der Waals surface area contributed by atoms with Crippen LogP contribution < -0.4 is 4.90 Å². The Morgan fingerprint density at radius 3 is 2.61 bits per heavy atom. The van der Waals surface area contributed by atoms with E-state index in [2.05, 4.69) is 45.9 Å². The molecule has 0 saturated heterocycles. The first-order valence-electron chi connectivity index (χ1n) is 10.4. The van der Waals surface area contributed by atoms with E-state index in [1.165, 1.54) is 5.56 Å². The monoisotopic (exact) mass is 450 g/mol. The van der Waals surface area contributed by atoms with Gasteiger partial charge in [-0.05, 0) is 47.9 Å². The smallest absolute Gasteiger partial charge is 0.260 e. The molecule has 0 aliphatic carbocycles. The highest BCUT2D eigenvalue weighted by Crippen LogP contribution is 2.35. The minimum Gasteiger partial charge on any atom is -0.467 e. The van der Waals surface area contributed by atoms with Crippen molar-refractivity contribution in [3.63, 3.8) is 0 Å². The number of furan rings is 1. The van der Waals surface area contributed by atoms with Crippen molar-refractivity contribution in [2.45, 2.75) is 50.3 Å². The molecule has 0 unspecified atom stereocenters. The average molecular weight is 451 g/mol. The summed E-state index contributed by atoms with van der Waals surface area (Å²) >= 11 is 3.29. The molecule has 4 rings (SSSR count). The van der Waals surface area contributed by atoms with E-state index in [1.54, 1.807) is 34.3 Å². The van der Waals surface area contributed by atoms with E-state index in [1.807, 2.05) is 36.4 Å². The second kappa shape index (κ2) is 9.28. The first-order chi connectivity index (χ1) is 14.9. The van der Waals surface area contributed by atoms with E-state index in [0.29, 0.717) is 28.4 Å². The summed E-state index contributed by atoms with van der Waals surface area (Å²) in [6, 6.07) is 17.8. The van der Waals surface area contributed by atoms with Crippen LogP contribution in [0.25, 0.3) is 10.2 Å². The highest BCUT2D eigenvalue weighted by Gasteiger charge is 2.24. The van der Waals surface area contributed by atoms with E-state index in [9.17, 15) is 4.79 Å². The van der Waals surface area contributed by atoms with Crippen molar-refractivity contribution in [2.75, 3.05) is 4.90 Å². The first-order valence-corrected chi connectivity index (χ1v) is 12.1. The number of hydrogen-bond acceptors (Lipinski definition) is 5. The van der Waals surface area contributed by atoms with Crippen molar-refractivity contribution in [3.05, 3.63) is 77.7 Å². The van der Waals surface area contributed by atoms with Crippen molar-refractivity contribution in [1.82, 2.24) is 4.98 Å². The van der Waals surface area contributed by atoms with Gasteiger partial charge in [-0.15, -0.1) is 11.8 Å². The molecule has 31 heavy (non-hydrogen) atoms. The predicted octanol–water partition coefficient (Wildman–Crippen LogP) is 7.36. The van der Waals surface area contributed by atoms with Gasteiger partial charge in [0.25, 0.3) is 5.91 Å². The van der Waals surface area contributed by atoms with Crippen LogP contribution in [0.5, 0.6) is 0 Å². The highest BCUT2D eigenvalue weighted by atomic mass is 32.2. The van der Waals surface area contributed by atoms with Gasteiger partial charge in [0.05, 0.1) is 23.0 Å². The third kappa shape index (κ3) is 4.86. The van der Waals surface area contributed by atoms with Gasteiger partial charge in [-0.3, -0.25) is 9.69 Å². The van der Waals surface area contributed by atoms with Crippen LogP contribution in [0.3, 0.4) is 0 Å². The normalized spacial score (nSPS) is 11.5. The maximum absolute atomic E-state index is 13.6. The molecule has 0 atom stereocenters. The lowest BCUT2D eigenvalue weighted by Crippen LogP contribution is -2.30. The number of carbonyl (C=O) groups is 1. The number of thioether (sulfide) groups is 1. The molecule has 4 nitrogen and oxygen atoms in total. The number of fused-ring (bicyclic) bond motifs is 1. The number of thiazole rings is 1. The Morgan fingerprint density at radius 2 is 1.90 bits per heavy atom. The third-order valence-electron chi connectivity index (χ3n) is 4.88. The third-order valence-corrected chi connectivity index (χ3v) is 6.92. The van der Waals surface area contributed by atoms with Crippen LogP contribution in [0, 0.1) is 0 Å². The fraction of sp³-hybridized carbons (Fsp3) is 0.280. The minimum absolute atomic E-state index is 0.0761. The molecule has 0 aliphatic heterocycles. The Labute approximate surface area is 191 Å². The van der Waals surface area contributed by atoms with Crippen LogP contribution in [-0.2, 0) is 6.54 Å². The summed E-state index contributed by atoms with van der Waals surface area (Å²) in [6.45, 7) is 8.96. The number of aromatic nitrogens is 1. The van der Waals surface area contributed by atoms with Gasteiger partial charge in [0.1, 0.15) is 5.76 Å². The van der Waals surface area contributed by atoms with Crippen LogP contribution >= 0.6 is 23.1 Å². The number of carbonyl (C=O) groups excluding carboxylic acids is 1. The lowest BCUT2D eigenvalue weighted by Gasteiger charge is -2.19. The summed E-state index contributed by atoms with van der Waals surface area (Å²) in [6.07, 6.45) is 1.63. The van der Waals surface area contributed by atoms with Crippen molar-refractivity contribution in [1.29, 1.82) is 0 Å². The van der Waals surface area contributed by atoms with Gasteiger partial charge < -0.3 is 4.42 Å². The van der Waals surface area contributed by atoms with Crippen LogP contribution in [0.4, 0.5) is 5.13 Å². The largest absolute Gasteiger partial charge is 0.467 e. The summed E-state index contributed by atoms with van der Waals surface area (Å²) in [7, 11) is 0. The topological polar surface area (TPSA) is 46.3 Å². The maximum Gasteiger partial charge on any atom is 0.260 e. The lowest BCUT2D eigenvalue weighted by molar-refractivity contribution is 0.0983. The second-order valence-corrected chi connectivity index (χ2v) is 10.7. The quantitative estimate of drug-likeness (QED) is 0.276. The van der Waals surface area contributed by atoms with Gasteiger partial charge in [-0.25, -0.2) is 4.98 Å². The SMILES string of the molecule is CC(C)Sc1cccc(C(=O)N(Cc2ccco2)c2nc3c(C(C)C)cccc3s2)c1. The van der Waals surface area contributed by atoms with E-state index >= 15 is 0 Å². The van der Waals surface area contributed by atoms with E-state index < -0.39 is 0 Å². The zero-order valence-corrected chi connectivity index (χ0v) is 19.8. The van der Waals surface area contributed by atoms with Crippen LogP contribution in [-0.4, -0.2) is 16.1 Å². The zero-order chi connectivity index (χ0) is 22.0. The standard InChI is InChI=1S/C25H26N2O2S2/c1-16(2)21-11-6-12-22-23(21)26-25(31-22)27(15-19-9-7-13-29-19)24(28)18-8-5-10-20(14-18)30-17(3)4/h5-14,16-17H,15H2,1-4H3. The van der Waals surface area contributed by atoms with Crippen molar-refractivity contribution in [2.24, 2.45) is 0 Å². The number of anilines is 1. The number of para-hydroxylation sites is 1. The first kappa shape index (κ1) is 21.7. The van der Waals surface area contributed by atoms with Crippen molar-refractivity contribution >= 4 is 44.4 Å². The Balaban J connectivity index is 1.76. The van der Waals surface area contributed by atoms with E-state index in [0.717, 1.165) is 20.9 Å². The molecule has 0 bridgehead atoms. The van der Waals surface area contributed by atoms with Gasteiger partial charge in [-0.1, -0.05) is 57.2 Å². The summed E-state index contributed by atoms with van der Waals surface area (Å²) in [5, 5.41) is 1.13. The Bertz CT molecular complexity index is 1180. The van der Waals surface area contributed by atoms with Crippen molar-refractivity contribution < 1.29 is 9.21 Å². The minimum atomic E-state index is -0.0761. The van der Waals surface area contributed by atoms with E-state index in [-0.39, 0.29) is 5.91 Å². The molecule has 2 heterocycles. The maximum atomic E-state index is 13.6. The van der Waals surface area contributed by atoms with Crippen LogP contribution in [0.2, 0.25) is 0 Å². The molecule has 0 radical (unpaired) electrons. The summed E-state index contributed by atoms with van der Waals surface area (Å²) in [5.41, 5.74) is 2.82. The Hall–Kier alpha value is -2.57. The molecule has 2 aromatic carbocycles. The van der Waals surface area contributed by atoms with Crippen molar-refractivity contribution in [3.8, 4) is 0 Å². The molecule has 1 amide bonds. The molecule has 6 heteroatoms. The van der Waals surface area contributed by atoms with Gasteiger partial charge in [0, 0.05) is 15.7 Å².